The van der Waals surface area contributed by atoms with Crippen molar-refractivity contribution >= 4 is 45.6 Å². The quantitative estimate of drug-likeness (QED) is 0.586. The highest BCUT2D eigenvalue weighted by Crippen LogP contribution is 2.29. The van der Waals surface area contributed by atoms with Gasteiger partial charge in [0.2, 0.25) is 0 Å². The Labute approximate surface area is 158 Å². The van der Waals surface area contributed by atoms with E-state index in [-0.39, 0.29) is 11.9 Å². The lowest BCUT2D eigenvalue weighted by atomic mass is 10.1. The van der Waals surface area contributed by atoms with Crippen molar-refractivity contribution in [2.45, 2.75) is 12.5 Å². The molecule has 4 heterocycles. The standard InChI is InChI=1S/C20H13N5OS/c21-11-13-16-10-12(22-20(26)17-6-3-9-27-17)7-8-25(16)19-18(13)23-14-4-1-2-5-15(14)24-19/h1-9,12H,10H2,(H,22,26). The van der Waals surface area contributed by atoms with Crippen molar-refractivity contribution in [2.24, 2.45) is 0 Å². The fraction of sp³-hybridized carbons (Fsp3) is 0.100. The molecule has 0 fully saturated rings. The predicted octanol–water partition coefficient (Wildman–Crippen LogP) is 3.34. The van der Waals surface area contributed by atoms with Crippen molar-refractivity contribution in [1.82, 2.24) is 19.9 Å². The van der Waals surface area contributed by atoms with Gasteiger partial charge in [0, 0.05) is 18.3 Å². The molecule has 6 nitrogen and oxygen atoms in total. The Morgan fingerprint density at radius 1 is 1.22 bits per heavy atom. The van der Waals surface area contributed by atoms with E-state index in [1.807, 2.05) is 52.6 Å². The van der Waals surface area contributed by atoms with Gasteiger partial charge in [-0.15, -0.1) is 11.3 Å². The molecule has 1 amide bonds. The van der Waals surface area contributed by atoms with Gasteiger partial charge in [-0.2, -0.15) is 5.26 Å². The second kappa shape index (κ2) is 6.04. The minimum absolute atomic E-state index is 0.107. The van der Waals surface area contributed by atoms with E-state index < -0.39 is 0 Å². The summed E-state index contributed by atoms with van der Waals surface area (Å²) in [6.07, 6.45) is 4.31. The maximum absolute atomic E-state index is 12.3. The lowest BCUT2D eigenvalue weighted by Gasteiger charge is -2.20. The van der Waals surface area contributed by atoms with E-state index in [9.17, 15) is 10.1 Å². The van der Waals surface area contributed by atoms with Gasteiger partial charge < -0.3 is 9.88 Å². The number of fused-ring (bicyclic) bond motifs is 4. The van der Waals surface area contributed by atoms with Crippen LogP contribution in [-0.4, -0.2) is 26.5 Å². The predicted molar refractivity (Wildman–Crippen MR) is 104 cm³/mol. The number of rotatable bonds is 2. The highest BCUT2D eigenvalue weighted by atomic mass is 32.1. The second-order valence-electron chi connectivity index (χ2n) is 6.29. The number of nitriles is 1. The number of para-hydroxylation sites is 2. The summed E-state index contributed by atoms with van der Waals surface area (Å²) >= 11 is 1.40. The zero-order valence-electron chi connectivity index (χ0n) is 14.1. The number of carbonyl (C=O) groups excluding carboxylic acids is 1. The molecule has 0 saturated carbocycles. The third kappa shape index (κ3) is 2.50. The molecule has 4 aromatic rings. The number of amides is 1. The molecule has 1 aliphatic heterocycles. The molecule has 1 aliphatic rings. The van der Waals surface area contributed by atoms with E-state index in [1.165, 1.54) is 11.3 Å². The van der Waals surface area contributed by atoms with E-state index in [0.29, 0.717) is 28.0 Å². The summed E-state index contributed by atoms with van der Waals surface area (Å²) in [4.78, 5) is 22.4. The molecular weight excluding hydrogens is 358 g/mol. The SMILES string of the molecule is N#Cc1c2n(c3nc4ccccc4nc13)C=CC(NC(=O)c1cccs1)C2. The van der Waals surface area contributed by atoms with Gasteiger partial charge in [-0.05, 0) is 29.7 Å². The molecule has 0 bridgehead atoms. The molecule has 0 aliphatic carbocycles. The average Bonchev–Trinajstić information content (AvgIpc) is 3.32. The monoisotopic (exact) mass is 371 g/mol. The van der Waals surface area contributed by atoms with E-state index in [0.717, 1.165) is 16.7 Å². The molecule has 0 saturated heterocycles. The number of benzene rings is 1. The lowest BCUT2D eigenvalue weighted by molar-refractivity contribution is 0.0948. The van der Waals surface area contributed by atoms with Gasteiger partial charge in [-0.3, -0.25) is 4.79 Å². The number of nitrogens with one attached hydrogen (secondary N) is 1. The molecule has 1 aromatic carbocycles. The lowest BCUT2D eigenvalue weighted by Crippen LogP contribution is -2.36. The van der Waals surface area contributed by atoms with Gasteiger partial charge in [-0.1, -0.05) is 18.2 Å². The maximum atomic E-state index is 12.3. The van der Waals surface area contributed by atoms with Gasteiger partial charge >= 0.3 is 0 Å². The van der Waals surface area contributed by atoms with Crippen molar-refractivity contribution in [2.75, 3.05) is 0 Å². The molecular formula is C20H13N5OS. The molecule has 27 heavy (non-hydrogen) atoms. The van der Waals surface area contributed by atoms with Crippen LogP contribution in [0.3, 0.4) is 0 Å². The molecule has 1 unspecified atom stereocenters. The van der Waals surface area contributed by atoms with E-state index in [2.05, 4.69) is 16.4 Å². The van der Waals surface area contributed by atoms with E-state index in [1.54, 1.807) is 6.07 Å². The van der Waals surface area contributed by atoms with Crippen LogP contribution in [0.4, 0.5) is 0 Å². The zero-order valence-corrected chi connectivity index (χ0v) is 14.9. The Hall–Kier alpha value is -3.50. The van der Waals surface area contributed by atoms with Gasteiger partial charge in [-0.25, -0.2) is 9.97 Å². The first-order valence-electron chi connectivity index (χ1n) is 8.47. The fourth-order valence-corrected chi connectivity index (χ4v) is 4.03. The van der Waals surface area contributed by atoms with Crippen molar-refractivity contribution in [3.8, 4) is 6.07 Å². The van der Waals surface area contributed by atoms with Crippen LogP contribution in [0.15, 0.2) is 47.9 Å². The van der Waals surface area contributed by atoms with Crippen LogP contribution in [0.2, 0.25) is 0 Å². The Bertz CT molecular complexity index is 1260. The minimum Gasteiger partial charge on any atom is -0.345 e. The highest BCUT2D eigenvalue weighted by Gasteiger charge is 2.25. The topological polar surface area (TPSA) is 83.6 Å². The minimum atomic E-state index is -0.182. The first-order valence-corrected chi connectivity index (χ1v) is 9.35. The Kier molecular flexibility index (Phi) is 3.52. The number of nitrogens with zero attached hydrogens (tertiary/aromatic N) is 4. The van der Waals surface area contributed by atoms with Gasteiger partial charge in [0.05, 0.1) is 22.0 Å². The molecule has 5 rings (SSSR count). The number of aromatic nitrogens is 3. The molecule has 1 atom stereocenters. The summed E-state index contributed by atoms with van der Waals surface area (Å²) in [5.74, 6) is -0.107. The van der Waals surface area contributed by atoms with E-state index >= 15 is 0 Å². The number of hydrogen-bond donors (Lipinski definition) is 1. The first kappa shape index (κ1) is 15.7. The fourth-order valence-electron chi connectivity index (χ4n) is 3.40. The average molecular weight is 371 g/mol. The Balaban J connectivity index is 1.57. The number of hydrogen-bond acceptors (Lipinski definition) is 5. The number of carbonyl (C=O) groups is 1. The van der Waals surface area contributed by atoms with Gasteiger partial charge in [0.25, 0.3) is 5.91 Å². The van der Waals surface area contributed by atoms with Crippen LogP contribution in [0.5, 0.6) is 0 Å². The maximum Gasteiger partial charge on any atom is 0.261 e. The molecule has 1 N–H and O–H groups in total. The first-order chi connectivity index (χ1) is 13.2. The zero-order chi connectivity index (χ0) is 18.4. The van der Waals surface area contributed by atoms with Crippen LogP contribution in [0.1, 0.15) is 20.9 Å². The van der Waals surface area contributed by atoms with E-state index in [4.69, 9.17) is 4.98 Å². The van der Waals surface area contributed by atoms with Crippen LogP contribution in [-0.2, 0) is 6.42 Å². The van der Waals surface area contributed by atoms with Gasteiger partial charge in [0.15, 0.2) is 5.65 Å². The molecule has 3 aromatic heterocycles. The third-order valence-electron chi connectivity index (χ3n) is 4.65. The Morgan fingerprint density at radius 2 is 2.04 bits per heavy atom. The molecule has 0 radical (unpaired) electrons. The van der Waals surface area contributed by atoms with Crippen molar-refractivity contribution < 1.29 is 4.79 Å². The van der Waals surface area contributed by atoms with Crippen molar-refractivity contribution in [3.05, 3.63) is 64.0 Å². The molecule has 130 valence electrons. The largest absolute Gasteiger partial charge is 0.345 e. The normalized spacial score (nSPS) is 15.6. The molecule has 0 spiro atoms. The second-order valence-corrected chi connectivity index (χ2v) is 7.24. The smallest absolute Gasteiger partial charge is 0.261 e. The van der Waals surface area contributed by atoms with Crippen LogP contribution in [0, 0.1) is 11.3 Å². The summed E-state index contributed by atoms with van der Waals surface area (Å²) in [5.41, 5.74) is 4.15. The van der Waals surface area contributed by atoms with Crippen LogP contribution in [0.25, 0.3) is 28.4 Å². The van der Waals surface area contributed by atoms with Gasteiger partial charge in [0.1, 0.15) is 17.1 Å². The van der Waals surface area contributed by atoms with Crippen molar-refractivity contribution in [1.29, 1.82) is 5.26 Å². The summed E-state index contributed by atoms with van der Waals surface area (Å²) in [5, 5.41) is 14.6. The number of thiophene rings is 1. The molecule has 7 heteroatoms. The van der Waals surface area contributed by atoms with Crippen molar-refractivity contribution in [3.63, 3.8) is 0 Å². The summed E-state index contributed by atoms with van der Waals surface area (Å²) in [6, 6.07) is 13.4. The highest BCUT2D eigenvalue weighted by molar-refractivity contribution is 7.12. The summed E-state index contributed by atoms with van der Waals surface area (Å²) < 4.78 is 1.90. The Morgan fingerprint density at radius 3 is 2.78 bits per heavy atom. The third-order valence-corrected chi connectivity index (χ3v) is 5.52. The van der Waals surface area contributed by atoms with Crippen LogP contribution < -0.4 is 5.32 Å². The van der Waals surface area contributed by atoms with Crippen LogP contribution >= 0.6 is 11.3 Å². The summed E-state index contributed by atoms with van der Waals surface area (Å²) in [6.45, 7) is 0. The summed E-state index contributed by atoms with van der Waals surface area (Å²) in [7, 11) is 0.